The second-order valence-electron chi connectivity index (χ2n) is 1.36. The molecule has 0 saturated heterocycles. The minimum Gasteiger partial charge on any atom is -1.00 e. The maximum absolute atomic E-state index is 9.77. The molecule has 0 fully saturated rings. The van der Waals surface area contributed by atoms with Crippen molar-refractivity contribution in [1.29, 1.82) is 0 Å². The van der Waals surface area contributed by atoms with Crippen LogP contribution in [0.1, 0.15) is 1.43 Å². The van der Waals surface area contributed by atoms with Crippen LogP contribution in [0.3, 0.4) is 0 Å². The zero-order valence-electron chi connectivity index (χ0n) is 6.55. The van der Waals surface area contributed by atoms with Crippen LogP contribution in [0.25, 0.3) is 0 Å². The Morgan fingerprint density at radius 2 is 2.33 bits per heavy atom. The van der Waals surface area contributed by atoms with Gasteiger partial charge in [0, 0.05) is 13.1 Å². The largest absolute Gasteiger partial charge is 1.00 e. The minimum atomic E-state index is -0.849. The summed E-state index contributed by atoms with van der Waals surface area (Å²) in [5.41, 5.74) is 5.06. The molecule has 4 N–H and O–H groups in total. The molecule has 0 aromatic carbocycles. The Hall–Kier alpha value is 1.03. The normalized spacial score (nSPS) is 8.11. The van der Waals surface area contributed by atoms with Crippen molar-refractivity contribution in [2.75, 3.05) is 19.6 Å². The molecule has 0 aliphatic carbocycles. The number of carbonyl (C=O) groups is 1. The molecule has 0 spiro atoms. The van der Waals surface area contributed by atoms with Crippen molar-refractivity contribution in [2.45, 2.75) is 0 Å². The van der Waals surface area contributed by atoms with E-state index in [0.717, 1.165) is 0 Å². The Labute approximate surface area is 98.1 Å². The molecule has 4 nitrogen and oxygen atoms in total. The van der Waals surface area contributed by atoms with Crippen LogP contribution in [0.5, 0.6) is 0 Å². The minimum absolute atomic E-state index is 0. The van der Waals surface area contributed by atoms with E-state index in [9.17, 15) is 4.79 Å². The second-order valence-corrected chi connectivity index (χ2v) is 1.36. The predicted octanol–water partition coefficient (Wildman–Crippen LogP) is -4.26. The maximum atomic E-state index is 9.77. The molecule has 0 saturated carbocycles. The molecule has 9 heavy (non-hydrogen) atoms. The fraction of sp³-hybridized carbons (Fsp3) is 0.750. The van der Waals surface area contributed by atoms with Crippen LogP contribution in [0.15, 0.2) is 0 Å². The zero-order chi connectivity index (χ0) is 6.41. The number of aliphatic carboxylic acids is 1. The van der Waals surface area contributed by atoms with Crippen molar-refractivity contribution < 1.29 is 62.7 Å². The van der Waals surface area contributed by atoms with E-state index in [1.165, 1.54) is 0 Å². The molecule has 0 aromatic rings. The number of rotatable bonds is 4. The Morgan fingerprint density at radius 3 is 2.67 bits per heavy atom. The molecule has 0 aromatic heterocycles. The summed E-state index contributed by atoms with van der Waals surface area (Å²) >= 11 is 0. The molecular weight excluding hydrogens is 147 g/mol. The summed E-state index contributed by atoms with van der Waals surface area (Å²) in [6.07, 6.45) is 0. The van der Waals surface area contributed by atoms with Crippen LogP contribution in [0, 0.1) is 0 Å². The summed E-state index contributed by atoms with van der Waals surface area (Å²) in [7, 11) is 0. The van der Waals surface area contributed by atoms with E-state index < -0.39 is 5.97 Å². The van der Waals surface area contributed by atoms with Gasteiger partial charge in [-0.25, -0.2) is 0 Å². The van der Waals surface area contributed by atoms with E-state index >= 15 is 0 Å². The Bertz CT molecular complexity index is 83.7. The number of carboxylic acid groups (broad SMARTS) is 1. The van der Waals surface area contributed by atoms with Crippen molar-refractivity contribution >= 4 is 5.97 Å². The van der Waals surface area contributed by atoms with E-state index in [2.05, 4.69) is 5.32 Å². The first-order valence-corrected chi connectivity index (χ1v) is 2.40. The molecule has 0 rings (SSSR count). The molecule has 0 heterocycles. The predicted molar refractivity (Wildman–Crippen MR) is 30.7 cm³/mol. The molecule has 0 bridgehead atoms. The average molecular weight is 158 g/mol. The van der Waals surface area contributed by atoms with Gasteiger partial charge >= 0.3 is 57.4 Å². The fourth-order valence-corrected chi connectivity index (χ4v) is 0.297. The second kappa shape index (κ2) is 9.03. The van der Waals surface area contributed by atoms with Crippen molar-refractivity contribution in [1.82, 2.24) is 5.32 Å². The third kappa shape index (κ3) is 12.3. The van der Waals surface area contributed by atoms with Crippen molar-refractivity contribution in [2.24, 2.45) is 5.73 Å². The third-order valence-corrected chi connectivity index (χ3v) is 0.597. The van der Waals surface area contributed by atoms with Crippen molar-refractivity contribution in [3.63, 3.8) is 0 Å². The molecule has 0 atom stereocenters. The first-order valence-electron chi connectivity index (χ1n) is 2.40. The zero-order valence-corrected chi connectivity index (χ0v) is 8.68. The van der Waals surface area contributed by atoms with Gasteiger partial charge in [-0.1, -0.05) is 0 Å². The van der Waals surface area contributed by atoms with E-state index in [0.29, 0.717) is 13.1 Å². The van der Waals surface area contributed by atoms with Gasteiger partial charge in [0.1, 0.15) is 0 Å². The number of carboxylic acids is 1. The van der Waals surface area contributed by atoms with Crippen LogP contribution in [0.2, 0.25) is 0 Å². The molecule has 0 amide bonds. The molecule has 0 aliphatic rings. The van der Waals surface area contributed by atoms with Gasteiger partial charge in [-0.05, 0) is 0 Å². The molecule has 0 radical (unpaired) electrons. The summed E-state index contributed by atoms with van der Waals surface area (Å²) in [4.78, 5) is 9.77. The summed E-state index contributed by atoms with van der Waals surface area (Å²) < 4.78 is 0. The van der Waals surface area contributed by atoms with E-state index in [-0.39, 0.29) is 59.4 Å². The molecular formula is C4H11KN2O2. The van der Waals surface area contributed by atoms with Gasteiger partial charge in [-0.3, -0.25) is 4.79 Å². The number of nitrogens with two attached hydrogens (primary N) is 1. The van der Waals surface area contributed by atoms with E-state index in [4.69, 9.17) is 10.8 Å². The first-order chi connectivity index (χ1) is 3.77. The van der Waals surface area contributed by atoms with Gasteiger partial charge in [-0.15, -0.1) is 0 Å². The smallest absolute Gasteiger partial charge is 1.00 e. The first kappa shape index (κ1) is 12.7. The summed E-state index contributed by atoms with van der Waals surface area (Å²) in [6.45, 7) is 1.04. The van der Waals surface area contributed by atoms with Gasteiger partial charge in [0.15, 0.2) is 0 Å². The Kier molecular flexibility index (Phi) is 12.7. The van der Waals surface area contributed by atoms with Crippen LogP contribution >= 0.6 is 0 Å². The van der Waals surface area contributed by atoms with Crippen LogP contribution in [-0.2, 0) is 4.79 Å². The van der Waals surface area contributed by atoms with Gasteiger partial charge < -0.3 is 17.6 Å². The SMILES string of the molecule is NCCNCC(=O)O.[H-].[K+]. The van der Waals surface area contributed by atoms with Gasteiger partial charge in [0.25, 0.3) is 0 Å². The maximum Gasteiger partial charge on any atom is 1.00 e. The van der Waals surface area contributed by atoms with Crippen molar-refractivity contribution in [3.05, 3.63) is 0 Å². The number of hydrogen-bond acceptors (Lipinski definition) is 3. The van der Waals surface area contributed by atoms with E-state index in [1.807, 2.05) is 0 Å². The van der Waals surface area contributed by atoms with Gasteiger partial charge in [0.2, 0.25) is 0 Å². The number of nitrogens with one attached hydrogen (secondary N) is 1. The number of hydrogen-bond donors (Lipinski definition) is 3. The molecule has 0 aliphatic heterocycles. The summed E-state index contributed by atoms with van der Waals surface area (Å²) in [5.74, 6) is -0.849. The summed E-state index contributed by atoms with van der Waals surface area (Å²) in [6, 6.07) is 0. The van der Waals surface area contributed by atoms with Crippen LogP contribution < -0.4 is 62.4 Å². The monoisotopic (exact) mass is 158 g/mol. The standard InChI is InChI=1S/C4H10N2O2.K.H/c5-1-2-6-3-4(7)8;;/h6H,1-3,5H2,(H,7,8);;/q;+1;-1. The molecule has 5 heteroatoms. The third-order valence-electron chi connectivity index (χ3n) is 0.597. The summed E-state index contributed by atoms with van der Waals surface area (Å²) in [5, 5.41) is 10.6. The van der Waals surface area contributed by atoms with Gasteiger partial charge in [-0.2, -0.15) is 0 Å². The Morgan fingerprint density at radius 1 is 1.78 bits per heavy atom. The molecule has 0 unspecified atom stereocenters. The van der Waals surface area contributed by atoms with Crippen molar-refractivity contribution in [3.8, 4) is 0 Å². The quantitative estimate of drug-likeness (QED) is 0.286. The Balaban J connectivity index is -0.000000245. The molecule has 50 valence electrons. The average Bonchev–Trinajstić information content (AvgIpc) is 1.66. The van der Waals surface area contributed by atoms with Crippen LogP contribution in [0.4, 0.5) is 0 Å². The topological polar surface area (TPSA) is 75.3 Å². The van der Waals surface area contributed by atoms with Crippen LogP contribution in [-0.4, -0.2) is 30.7 Å². The van der Waals surface area contributed by atoms with E-state index in [1.54, 1.807) is 0 Å². The van der Waals surface area contributed by atoms with Gasteiger partial charge in [0.05, 0.1) is 6.54 Å². The fourth-order valence-electron chi connectivity index (χ4n) is 0.297.